The molecule has 3 aliphatic rings. The molecule has 0 N–H and O–H groups in total. The number of carbonyl (C=O) groups excluding carboxylic acids is 1. The van der Waals surface area contributed by atoms with E-state index in [1.807, 2.05) is 23.1 Å². The Bertz CT molecular complexity index is 754. The Morgan fingerprint density at radius 1 is 0.963 bits per heavy atom. The lowest BCUT2D eigenvalue weighted by Gasteiger charge is -2.41. The highest BCUT2D eigenvalue weighted by Gasteiger charge is 2.37. The zero-order chi connectivity index (χ0) is 18.9. The van der Waals surface area contributed by atoms with Gasteiger partial charge in [0, 0.05) is 45.3 Å². The average Bonchev–Trinajstić information content (AvgIpc) is 3.33. The summed E-state index contributed by atoms with van der Waals surface area (Å²) in [4.78, 5) is 19.9. The van der Waals surface area contributed by atoms with Gasteiger partial charge in [0.05, 0.1) is 11.5 Å². The molecular formula is C20H29N3O3S. The van der Waals surface area contributed by atoms with Crippen LogP contribution in [0.25, 0.3) is 0 Å². The van der Waals surface area contributed by atoms with Crippen LogP contribution < -0.4 is 0 Å². The van der Waals surface area contributed by atoms with Crippen molar-refractivity contribution in [2.75, 3.05) is 50.8 Å². The monoisotopic (exact) mass is 391 g/mol. The van der Waals surface area contributed by atoms with Gasteiger partial charge in [-0.05, 0) is 24.8 Å². The van der Waals surface area contributed by atoms with Crippen molar-refractivity contribution in [2.45, 2.75) is 31.3 Å². The van der Waals surface area contributed by atoms with Crippen LogP contribution >= 0.6 is 0 Å². The number of rotatable bonds is 4. The fourth-order valence-corrected chi connectivity index (χ4v) is 6.44. The summed E-state index contributed by atoms with van der Waals surface area (Å²) in [5.41, 5.74) is 1.06. The molecule has 3 heterocycles. The second kappa shape index (κ2) is 7.89. The van der Waals surface area contributed by atoms with Crippen molar-refractivity contribution in [3.8, 4) is 0 Å². The Morgan fingerprint density at radius 3 is 2.22 bits per heavy atom. The van der Waals surface area contributed by atoms with Gasteiger partial charge in [-0.25, -0.2) is 8.42 Å². The molecule has 148 valence electrons. The minimum atomic E-state index is -2.86. The lowest BCUT2D eigenvalue weighted by atomic mass is 10.0. The zero-order valence-electron chi connectivity index (χ0n) is 15.8. The number of carbonyl (C=O) groups is 1. The average molecular weight is 392 g/mol. The van der Waals surface area contributed by atoms with Crippen molar-refractivity contribution in [3.63, 3.8) is 0 Å². The largest absolute Gasteiger partial charge is 0.341 e. The van der Waals surface area contributed by atoms with Crippen LogP contribution in [-0.4, -0.2) is 85.8 Å². The number of likely N-dealkylation sites (tertiary alicyclic amines) is 1. The maximum absolute atomic E-state index is 13.3. The summed E-state index contributed by atoms with van der Waals surface area (Å²) in [5, 5.41) is 0. The molecule has 3 saturated heterocycles. The zero-order valence-corrected chi connectivity index (χ0v) is 16.6. The van der Waals surface area contributed by atoms with Crippen LogP contribution in [0, 0.1) is 0 Å². The summed E-state index contributed by atoms with van der Waals surface area (Å²) in [6, 6.07) is 10.0. The third-order valence-corrected chi connectivity index (χ3v) is 7.96. The second-order valence-corrected chi connectivity index (χ2v) is 10.2. The first-order valence-electron chi connectivity index (χ1n) is 10.1. The molecule has 0 saturated carbocycles. The molecule has 0 aromatic heterocycles. The van der Waals surface area contributed by atoms with Crippen molar-refractivity contribution in [1.82, 2.24) is 14.7 Å². The van der Waals surface area contributed by atoms with E-state index in [4.69, 9.17) is 0 Å². The van der Waals surface area contributed by atoms with Gasteiger partial charge in [0.25, 0.3) is 0 Å². The Labute approximate surface area is 162 Å². The first-order chi connectivity index (χ1) is 13.0. The van der Waals surface area contributed by atoms with Gasteiger partial charge in [-0.1, -0.05) is 30.3 Å². The molecule has 0 aliphatic carbocycles. The highest BCUT2D eigenvalue weighted by atomic mass is 32.2. The summed E-state index contributed by atoms with van der Waals surface area (Å²) < 4.78 is 23.6. The van der Waals surface area contributed by atoms with E-state index in [0.29, 0.717) is 11.5 Å². The van der Waals surface area contributed by atoms with Crippen molar-refractivity contribution in [2.24, 2.45) is 0 Å². The van der Waals surface area contributed by atoms with Crippen LogP contribution in [0.1, 0.15) is 30.9 Å². The van der Waals surface area contributed by atoms with E-state index in [1.54, 1.807) is 0 Å². The van der Waals surface area contributed by atoms with E-state index >= 15 is 0 Å². The number of benzene rings is 1. The maximum Gasteiger partial charge on any atom is 0.244 e. The maximum atomic E-state index is 13.3. The number of hydrogen-bond donors (Lipinski definition) is 0. The molecule has 27 heavy (non-hydrogen) atoms. The van der Waals surface area contributed by atoms with E-state index in [9.17, 15) is 13.2 Å². The molecule has 3 fully saturated rings. The fourth-order valence-electron chi connectivity index (χ4n) is 4.68. The van der Waals surface area contributed by atoms with Gasteiger partial charge in [0.1, 0.15) is 6.04 Å². The molecule has 0 radical (unpaired) electrons. The molecular weight excluding hydrogens is 362 g/mol. The van der Waals surface area contributed by atoms with E-state index in [1.165, 1.54) is 0 Å². The van der Waals surface area contributed by atoms with Crippen LogP contribution in [0.4, 0.5) is 0 Å². The summed E-state index contributed by atoms with van der Waals surface area (Å²) in [6.45, 7) is 4.99. The summed E-state index contributed by atoms with van der Waals surface area (Å²) in [6.07, 6.45) is 2.94. The van der Waals surface area contributed by atoms with Gasteiger partial charge in [-0.15, -0.1) is 0 Å². The van der Waals surface area contributed by atoms with Gasteiger partial charge in [-0.3, -0.25) is 14.6 Å². The molecule has 3 aliphatic heterocycles. The SMILES string of the molecule is O=C(C(c1ccccc1)N1CCN(C2CCS(=O)(=O)C2)CC1)N1CCCC1. The number of sulfone groups is 1. The lowest BCUT2D eigenvalue weighted by molar-refractivity contribution is -0.137. The molecule has 1 aromatic rings. The van der Waals surface area contributed by atoms with Crippen molar-refractivity contribution in [1.29, 1.82) is 0 Å². The van der Waals surface area contributed by atoms with Gasteiger partial charge in [0.2, 0.25) is 5.91 Å². The molecule has 2 unspecified atom stereocenters. The predicted octanol–water partition coefficient (Wildman–Crippen LogP) is 1.15. The second-order valence-electron chi connectivity index (χ2n) is 7.97. The summed E-state index contributed by atoms with van der Waals surface area (Å²) in [7, 11) is -2.86. The summed E-state index contributed by atoms with van der Waals surface area (Å²) >= 11 is 0. The predicted molar refractivity (Wildman–Crippen MR) is 105 cm³/mol. The van der Waals surface area contributed by atoms with E-state index < -0.39 is 9.84 Å². The number of amides is 1. The van der Waals surface area contributed by atoms with Gasteiger partial charge < -0.3 is 4.90 Å². The minimum absolute atomic E-state index is 0.154. The molecule has 0 bridgehead atoms. The number of piperazine rings is 1. The van der Waals surface area contributed by atoms with Gasteiger partial charge >= 0.3 is 0 Å². The first-order valence-corrected chi connectivity index (χ1v) is 11.9. The highest BCUT2D eigenvalue weighted by Crippen LogP contribution is 2.28. The third kappa shape index (κ3) is 4.20. The van der Waals surface area contributed by atoms with Crippen molar-refractivity contribution >= 4 is 15.7 Å². The molecule has 6 nitrogen and oxygen atoms in total. The van der Waals surface area contributed by atoms with Crippen LogP contribution in [0.5, 0.6) is 0 Å². The van der Waals surface area contributed by atoms with E-state index in [-0.39, 0.29) is 18.0 Å². The van der Waals surface area contributed by atoms with Crippen LogP contribution in [0.2, 0.25) is 0 Å². The molecule has 0 spiro atoms. The van der Waals surface area contributed by atoms with Crippen LogP contribution in [0.3, 0.4) is 0 Å². The smallest absolute Gasteiger partial charge is 0.244 e. The minimum Gasteiger partial charge on any atom is -0.341 e. The Kier molecular flexibility index (Phi) is 5.53. The number of nitrogens with zero attached hydrogens (tertiary/aromatic N) is 3. The van der Waals surface area contributed by atoms with Crippen LogP contribution in [-0.2, 0) is 14.6 Å². The fraction of sp³-hybridized carbons (Fsp3) is 0.650. The Balaban J connectivity index is 1.46. The molecule has 1 amide bonds. The van der Waals surface area contributed by atoms with E-state index in [2.05, 4.69) is 21.9 Å². The van der Waals surface area contributed by atoms with E-state index in [0.717, 1.165) is 64.1 Å². The molecule has 1 aromatic carbocycles. The topological polar surface area (TPSA) is 60.9 Å². The number of hydrogen-bond acceptors (Lipinski definition) is 5. The Morgan fingerprint density at radius 2 is 1.63 bits per heavy atom. The van der Waals surface area contributed by atoms with Gasteiger partial charge in [-0.2, -0.15) is 0 Å². The Hall–Kier alpha value is -1.44. The lowest BCUT2D eigenvalue weighted by Crippen LogP contribution is -2.54. The normalized spacial score (nSPS) is 27.7. The van der Waals surface area contributed by atoms with Crippen molar-refractivity contribution < 1.29 is 13.2 Å². The van der Waals surface area contributed by atoms with Crippen molar-refractivity contribution in [3.05, 3.63) is 35.9 Å². The molecule has 7 heteroatoms. The summed E-state index contributed by atoms with van der Waals surface area (Å²) in [5.74, 6) is 0.829. The van der Waals surface area contributed by atoms with Gasteiger partial charge in [0.15, 0.2) is 9.84 Å². The standard InChI is InChI=1S/C20H29N3O3S/c24-20(23-9-4-5-10-23)19(17-6-2-1-3-7-17)22-13-11-21(12-14-22)18-8-15-27(25,26)16-18/h1-3,6-7,18-19H,4-5,8-16H2. The molecule has 2 atom stereocenters. The quantitative estimate of drug-likeness (QED) is 0.771. The highest BCUT2D eigenvalue weighted by molar-refractivity contribution is 7.91. The third-order valence-electron chi connectivity index (χ3n) is 6.21. The van der Waals surface area contributed by atoms with Crippen LogP contribution in [0.15, 0.2) is 30.3 Å². The molecule has 4 rings (SSSR count). The first kappa shape index (κ1) is 18.9.